The molecule has 1 fully saturated rings. The highest BCUT2D eigenvalue weighted by Crippen LogP contribution is 2.30. The van der Waals surface area contributed by atoms with Gasteiger partial charge in [0.2, 0.25) is 5.91 Å². The molecule has 0 saturated carbocycles. The molecule has 9 nitrogen and oxygen atoms in total. The number of amides is 2. The van der Waals surface area contributed by atoms with Crippen molar-refractivity contribution in [2.45, 2.75) is 26.3 Å². The monoisotopic (exact) mass is 399 g/mol. The van der Waals surface area contributed by atoms with E-state index in [9.17, 15) is 19.7 Å². The summed E-state index contributed by atoms with van der Waals surface area (Å²) in [6.07, 6.45) is 0. The fourth-order valence-electron chi connectivity index (χ4n) is 2.75. The second kappa shape index (κ2) is 9.01. The molecule has 0 unspecified atom stereocenters. The molecule has 1 heterocycles. The molecule has 1 aromatic carbocycles. The van der Waals surface area contributed by atoms with Crippen LogP contribution in [0.3, 0.4) is 0 Å². The van der Waals surface area contributed by atoms with Gasteiger partial charge < -0.3 is 20.9 Å². The molecule has 0 spiro atoms. The molecule has 27 heavy (non-hydrogen) atoms. The number of nitro groups is 1. The van der Waals surface area contributed by atoms with Crippen molar-refractivity contribution >= 4 is 35.6 Å². The number of nitro benzene ring substituents is 1. The quantitative estimate of drug-likeness (QED) is 0.565. The second-order valence-electron chi connectivity index (χ2n) is 7.12. The van der Waals surface area contributed by atoms with Gasteiger partial charge in [-0.1, -0.05) is 0 Å². The highest BCUT2D eigenvalue weighted by atomic mass is 35.5. The summed E-state index contributed by atoms with van der Waals surface area (Å²) in [5, 5.41) is 14.2. The zero-order valence-corrected chi connectivity index (χ0v) is 16.5. The fourth-order valence-corrected chi connectivity index (χ4v) is 2.75. The molecule has 2 amide bonds. The van der Waals surface area contributed by atoms with Crippen LogP contribution in [-0.2, 0) is 4.79 Å². The van der Waals surface area contributed by atoms with Crippen molar-refractivity contribution in [1.29, 1.82) is 0 Å². The van der Waals surface area contributed by atoms with Gasteiger partial charge in [-0.25, -0.2) is 0 Å². The highest BCUT2D eigenvalue weighted by Gasteiger charge is 2.26. The van der Waals surface area contributed by atoms with Gasteiger partial charge in [0.1, 0.15) is 5.69 Å². The van der Waals surface area contributed by atoms with E-state index in [2.05, 4.69) is 5.32 Å². The number of nitrogens with zero attached hydrogens (tertiary/aromatic N) is 3. The average Bonchev–Trinajstić information content (AvgIpc) is 2.58. The van der Waals surface area contributed by atoms with E-state index in [1.807, 2.05) is 4.90 Å². The lowest BCUT2D eigenvalue weighted by molar-refractivity contribution is -0.384. The van der Waals surface area contributed by atoms with Crippen LogP contribution < -0.4 is 16.0 Å². The van der Waals surface area contributed by atoms with E-state index in [1.54, 1.807) is 30.9 Å². The molecule has 0 aromatic heterocycles. The maximum Gasteiger partial charge on any atom is 0.293 e. The van der Waals surface area contributed by atoms with Crippen LogP contribution in [0.1, 0.15) is 31.1 Å². The topological polar surface area (TPSA) is 122 Å². The van der Waals surface area contributed by atoms with Crippen LogP contribution in [0, 0.1) is 10.1 Å². The number of rotatable bonds is 5. The summed E-state index contributed by atoms with van der Waals surface area (Å²) in [5.41, 5.74) is 5.81. The smallest absolute Gasteiger partial charge is 0.293 e. The lowest BCUT2D eigenvalue weighted by atomic mass is 10.1. The van der Waals surface area contributed by atoms with Gasteiger partial charge in [-0.15, -0.1) is 12.4 Å². The van der Waals surface area contributed by atoms with Crippen molar-refractivity contribution < 1.29 is 14.5 Å². The largest absolute Gasteiger partial charge is 0.362 e. The Morgan fingerprint density at radius 3 is 2.33 bits per heavy atom. The molecule has 1 saturated heterocycles. The Morgan fingerprint density at radius 1 is 1.26 bits per heavy atom. The van der Waals surface area contributed by atoms with E-state index in [0.717, 1.165) is 0 Å². The summed E-state index contributed by atoms with van der Waals surface area (Å²) in [4.78, 5) is 38.2. The summed E-state index contributed by atoms with van der Waals surface area (Å²) in [5.74, 6) is -0.409. The van der Waals surface area contributed by atoms with E-state index in [4.69, 9.17) is 5.73 Å². The van der Waals surface area contributed by atoms with E-state index >= 15 is 0 Å². The van der Waals surface area contributed by atoms with Gasteiger partial charge in [-0.05, 0) is 26.0 Å². The number of piperazine rings is 1. The molecule has 1 aliphatic heterocycles. The second-order valence-corrected chi connectivity index (χ2v) is 7.12. The first-order valence-electron chi connectivity index (χ1n) is 8.44. The molecule has 1 aliphatic rings. The number of benzene rings is 1. The van der Waals surface area contributed by atoms with Gasteiger partial charge in [0.05, 0.1) is 4.92 Å². The first-order chi connectivity index (χ1) is 12.1. The standard InChI is InChI=1S/C17H25N5O4.ClH/c1-12(23)20-6-8-21(9-7-20)14-5-4-13(10-15(14)22(25)26)16(24)19-11-17(2,3)18;/h4-5,10H,6-9,11,18H2,1-3H3,(H,19,24);1H. The Hall–Kier alpha value is -2.39. The summed E-state index contributed by atoms with van der Waals surface area (Å²) < 4.78 is 0. The SMILES string of the molecule is CC(=O)N1CCN(c2ccc(C(=O)NCC(C)(C)N)cc2[N+](=O)[O-])CC1.Cl. The Morgan fingerprint density at radius 2 is 1.85 bits per heavy atom. The zero-order chi connectivity index (χ0) is 19.5. The molecule has 0 bridgehead atoms. The molecule has 3 N–H and O–H groups in total. The molecule has 0 atom stereocenters. The van der Waals surface area contributed by atoms with Gasteiger partial charge in [0.15, 0.2) is 0 Å². The number of halogens is 1. The van der Waals surface area contributed by atoms with E-state index in [-0.39, 0.29) is 36.1 Å². The van der Waals surface area contributed by atoms with Crippen molar-refractivity contribution in [3.8, 4) is 0 Å². The van der Waals surface area contributed by atoms with Gasteiger partial charge in [-0.3, -0.25) is 19.7 Å². The molecule has 1 aromatic rings. The number of carbonyl (C=O) groups excluding carboxylic acids is 2. The zero-order valence-electron chi connectivity index (χ0n) is 15.7. The van der Waals surface area contributed by atoms with Crippen LogP contribution >= 0.6 is 12.4 Å². The Kier molecular flexibility index (Phi) is 7.55. The molecular formula is C17H26ClN5O4. The average molecular weight is 400 g/mol. The molecular weight excluding hydrogens is 374 g/mol. The summed E-state index contributed by atoms with van der Waals surface area (Å²) in [6.45, 7) is 7.36. The molecule has 150 valence electrons. The first-order valence-corrected chi connectivity index (χ1v) is 8.44. The summed E-state index contributed by atoms with van der Waals surface area (Å²) in [7, 11) is 0. The minimum Gasteiger partial charge on any atom is -0.362 e. The summed E-state index contributed by atoms with van der Waals surface area (Å²) in [6, 6.07) is 4.44. The van der Waals surface area contributed by atoms with Crippen molar-refractivity contribution in [3.63, 3.8) is 0 Å². The molecule has 10 heteroatoms. The predicted molar refractivity (Wildman–Crippen MR) is 105 cm³/mol. The van der Waals surface area contributed by atoms with Crippen molar-refractivity contribution in [3.05, 3.63) is 33.9 Å². The molecule has 0 aliphatic carbocycles. The van der Waals surface area contributed by atoms with Gasteiger partial charge in [0.25, 0.3) is 11.6 Å². The third-order valence-electron chi connectivity index (χ3n) is 4.20. The van der Waals surface area contributed by atoms with Crippen LogP contribution in [0.4, 0.5) is 11.4 Å². The van der Waals surface area contributed by atoms with Gasteiger partial charge in [-0.2, -0.15) is 0 Å². The van der Waals surface area contributed by atoms with Crippen LogP contribution in [0.15, 0.2) is 18.2 Å². The Labute approximate surface area is 164 Å². The van der Waals surface area contributed by atoms with Crippen LogP contribution in [0.5, 0.6) is 0 Å². The van der Waals surface area contributed by atoms with Gasteiger partial charge >= 0.3 is 0 Å². The number of anilines is 1. The number of hydrogen-bond acceptors (Lipinski definition) is 6. The summed E-state index contributed by atoms with van der Waals surface area (Å²) >= 11 is 0. The number of nitrogens with two attached hydrogens (primary N) is 1. The Bertz CT molecular complexity index is 712. The third kappa shape index (κ3) is 6.07. The highest BCUT2D eigenvalue weighted by molar-refractivity contribution is 5.95. The van der Waals surface area contributed by atoms with Crippen molar-refractivity contribution in [2.75, 3.05) is 37.6 Å². The first kappa shape index (κ1) is 22.7. The number of nitrogens with one attached hydrogen (secondary N) is 1. The lowest BCUT2D eigenvalue weighted by Gasteiger charge is -2.35. The Balaban J connectivity index is 0.00000364. The van der Waals surface area contributed by atoms with E-state index in [0.29, 0.717) is 31.9 Å². The minimum atomic E-state index is -0.572. The van der Waals surface area contributed by atoms with Crippen LogP contribution in [0.2, 0.25) is 0 Å². The lowest BCUT2D eigenvalue weighted by Crippen LogP contribution is -2.48. The third-order valence-corrected chi connectivity index (χ3v) is 4.20. The van der Waals surface area contributed by atoms with Gasteiger partial charge in [0, 0.05) is 56.8 Å². The number of hydrogen-bond donors (Lipinski definition) is 2. The normalized spacial score (nSPS) is 14.4. The minimum absolute atomic E-state index is 0. The predicted octanol–water partition coefficient (Wildman–Crippen LogP) is 1.15. The molecule has 2 rings (SSSR count). The number of carbonyl (C=O) groups is 2. The van der Waals surface area contributed by atoms with Crippen molar-refractivity contribution in [1.82, 2.24) is 10.2 Å². The van der Waals surface area contributed by atoms with E-state index in [1.165, 1.54) is 13.0 Å². The maximum atomic E-state index is 12.2. The van der Waals surface area contributed by atoms with Crippen LogP contribution in [0.25, 0.3) is 0 Å². The van der Waals surface area contributed by atoms with Crippen molar-refractivity contribution in [2.24, 2.45) is 5.73 Å². The molecule has 0 radical (unpaired) electrons. The maximum absolute atomic E-state index is 12.2. The fraction of sp³-hybridized carbons (Fsp3) is 0.529. The van der Waals surface area contributed by atoms with Crippen LogP contribution in [-0.4, -0.2) is 59.9 Å². The van der Waals surface area contributed by atoms with E-state index < -0.39 is 16.4 Å².